The maximum Gasteiger partial charge on any atom is 0.0827 e. The Morgan fingerprint density at radius 2 is 0.333 bits per heavy atom. The van der Waals surface area contributed by atoms with E-state index in [0.29, 0.717) is 0 Å². The monoisotopic (exact) mass is 1930 g/mol. The Morgan fingerprint density at radius 1 is 0.159 bits per heavy atom. The average molecular weight is 1930 g/mol. The largest absolute Gasteiger partial charge is 0.252 e. The second-order valence-electron chi connectivity index (χ2n) is 47.2. The molecule has 0 aliphatic heterocycles. The van der Waals surface area contributed by atoms with E-state index in [0.717, 1.165) is 185 Å². The van der Waals surface area contributed by atoms with Crippen LogP contribution in [0.1, 0.15) is 536 Å². The van der Waals surface area contributed by atoms with Gasteiger partial charge >= 0.3 is 0 Å². The number of rotatable bonds is 75. The van der Waals surface area contributed by atoms with Gasteiger partial charge in [0.15, 0.2) is 0 Å². The number of aromatic nitrogens is 21. The number of hydrogen-bond donors (Lipinski definition) is 0. The van der Waals surface area contributed by atoms with Crippen LogP contribution in [0.5, 0.6) is 0 Å². The molecule has 0 bridgehead atoms. The Labute approximate surface area is 852 Å². The Bertz CT molecular complexity index is 3490. The highest BCUT2D eigenvalue weighted by Gasteiger charge is 2.14. The SMILES string of the molecule is CC(C)CCCCCCCc1cnnn1CCC(C)C.CC(C)CCCCCCn1nncc1CCCC(C)C.CC(C)CCCCCCn1nncc1CCCC(C)C.CC(C)CCCCCc1cn(CCCC(C)C)nn1.CC(C)CCCCCc1cnnn1CCCCC(C)C.CC(C)CCCCCc1cnnn1CCCCC(C)C.CC(C)CCCCCn1cc(CCCC(C)C)nn1. The first-order valence-corrected chi connectivity index (χ1v) is 58.3. The van der Waals surface area contributed by atoms with Crippen LogP contribution in [0.15, 0.2) is 43.4 Å². The lowest BCUT2D eigenvalue weighted by Gasteiger charge is -2.08. The third-order valence-electron chi connectivity index (χ3n) is 26.0. The molecule has 0 aromatic carbocycles. The fraction of sp³-hybridized carbons (Fsp3) is 0.880. The Balaban J connectivity index is 0.000000805. The zero-order chi connectivity index (χ0) is 102. The highest BCUT2D eigenvalue weighted by Crippen LogP contribution is 2.22. The molecule has 0 unspecified atom stereocenters. The number of hydrogen-bond acceptors (Lipinski definition) is 14. The molecule has 7 aromatic rings. The summed E-state index contributed by atoms with van der Waals surface area (Å²) in [5, 5.41) is 58.4. The van der Waals surface area contributed by atoms with Crippen LogP contribution in [0.25, 0.3) is 0 Å². The first-order valence-electron chi connectivity index (χ1n) is 58.3. The zero-order valence-electron chi connectivity index (χ0n) is 96.1. The highest BCUT2D eigenvalue weighted by molar-refractivity contribution is 4.99. The molecular weight excluding hydrogens is 1700 g/mol. The molecule has 7 rings (SSSR count). The topological polar surface area (TPSA) is 215 Å². The van der Waals surface area contributed by atoms with E-state index >= 15 is 0 Å². The second kappa shape index (κ2) is 86.5. The van der Waals surface area contributed by atoms with Gasteiger partial charge in [-0.3, -0.25) is 9.36 Å². The number of unbranched alkanes of at least 4 members (excludes halogenated alkanes) is 20. The Hall–Kier alpha value is -6.02. The zero-order valence-corrected chi connectivity index (χ0v) is 96.1. The van der Waals surface area contributed by atoms with Gasteiger partial charge in [-0.25, -0.2) is 23.4 Å². The van der Waals surface area contributed by atoms with Gasteiger partial charge in [-0.05, 0) is 224 Å². The van der Waals surface area contributed by atoms with Crippen LogP contribution in [0.2, 0.25) is 0 Å². The second-order valence-corrected chi connectivity index (χ2v) is 47.2. The molecule has 7 heterocycles. The molecule has 0 radical (unpaired) electrons. The summed E-state index contributed by atoms with van der Waals surface area (Å²) in [6.45, 7) is 71.3. The minimum Gasteiger partial charge on any atom is -0.252 e. The summed E-state index contributed by atoms with van der Waals surface area (Å²) in [7, 11) is 0. The van der Waals surface area contributed by atoms with E-state index < -0.39 is 0 Å². The lowest BCUT2D eigenvalue weighted by atomic mass is 10.0. The molecule has 0 aliphatic rings. The van der Waals surface area contributed by atoms with Crippen LogP contribution >= 0.6 is 0 Å². The number of nitrogens with zero attached hydrogens (tertiary/aromatic N) is 21. The summed E-state index contributed by atoms with van der Waals surface area (Å²) >= 11 is 0. The lowest BCUT2D eigenvalue weighted by molar-refractivity contribution is 0.462. The normalized spacial score (nSPS) is 11.7. The third kappa shape index (κ3) is 79.4. The first-order chi connectivity index (χ1) is 66.1. The van der Waals surface area contributed by atoms with Gasteiger partial charge < -0.3 is 0 Å². The van der Waals surface area contributed by atoms with Crippen LogP contribution in [0.3, 0.4) is 0 Å². The minimum absolute atomic E-state index is 0.730. The summed E-state index contributed by atoms with van der Waals surface area (Å²) in [4.78, 5) is 0. The summed E-state index contributed by atoms with van der Waals surface area (Å²) in [6.07, 6.45) is 83.3. The molecule has 21 nitrogen and oxygen atoms in total. The van der Waals surface area contributed by atoms with Gasteiger partial charge in [0.25, 0.3) is 0 Å². The molecule has 0 saturated carbocycles. The summed E-state index contributed by atoms with van der Waals surface area (Å²) in [5.41, 5.74) is 8.89. The molecule has 0 aliphatic carbocycles. The van der Waals surface area contributed by atoms with Crippen LogP contribution in [0.4, 0.5) is 0 Å². The van der Waals surface area contributed by atoms with Crippen molar-refractivity contribution in [3.8, 4) is 0 Å². The van der Waals surface area contributed by atoms with Gasteiger partial charge in [-0.15, -0.1) is 35.7 Å². The van der Waals surface area contributed by atoms with Gasteiger partial charge in [0.05, 0.1) is 70.8 Å². The van der Waals surface area contributed by atoms with Crippen molar-refractivity contribution in [1.29, 1.82) is 0 Å². The van der Waals surface area contributed by atoms with E-state index in [1.807, 2.05) is 40.3 Å². The van der Waals surface area contributed by atoms with Crippen molar-refractivity contribution >= 4 is 0 Å². The van der Waals surface area contributed by atoms with Gasteiger partial charge in [-0.1, -0.05) is 436 Å². The van der Waals surface area contributed by atoms with E-state index in [9.17, 15) is 0 Å². The van der Waals surface area contributed by atoms with Crippen molar-refractivity contribution in [2.75, 3.05) is 0 Å². The minimum atomic E-state index is 0.730. The van der Waals surface area contributed by atoms with Crippen molar-refractivity contribution in [2.45, 2.75) is 586 Å². The maximum atomic E-state index is 4.26. The van der Waals surface area contributed by atoms with Crippen molar-refractivity contribution in [3.05, 3.63) is 83.2 Å². The van der Waals surface area contributed by atoms with Crippen LogP contribution < -0.4 is 0 Å². The molecule has 0 amide bonds. The summed E-state index contributed by atoms with van der Waals surface area (Å²) in [5.74, 6) is 11.4. The fourth-order valence-corrected chi connectivity index (χ4v) is 17.0. The van der Waals surface area contributed by atoms with Crippen LogP contribution in [-0.4, -0.2) is 105 Å². The van der Waals surface area contributed by atoms with Crippen LogP contribution in [0, 0.1) is 82.9 Å². The van der Waals surface area contributed by atoms with E-state index in [2.05, 4.69) is 302 Å². The fourth-order valence-electron chi connectivity index (χ4n) is 17.0. The highest BCUT2D eigenvalue weighted by atomic mass is 15.5. The van der Waals surface area contributed by atoms with Gasteiger partial charge in [0, 0.05) is 58.2 Å². The molecule has 800 valence electrons. The van der Waals surface area contributed by atoms with E-state index in [-0.39, 0.29) is 0 Å². The number of aryl methyl sites for hydroxylation is 14. The summed E-state index contributed by atoms with van der Waals surface area (Å²) < 4.78 is 14.6. The Morgan fingerprint density at radius 3 is 0.616 bits per heavy atom. The molecule has 0 fully saturated rings. The van der Waals surface area contributed by atoms with Gasteiger partial charge in [-0.2, -0.15) is 0 Å². The predicted molar refractivity (Wildman–Crippen MR) is 591 cm³/mol. The molecule has 0 saturated heterocycles. The molecule has 0 atom stereocenters. The first kappa shape index (κ1) is 130. The van der Waals surface area contributed by atoms with Crippen molar-refractivity contribution < 1.29 is 0 Å². The van der Waals surface area contributed by atoms with E-state index in [1.165, 1.54) is 330 Å². The predicted octanol–water partition coefficient (Wildman–Crippen LogP) is 33.3. The standard InChI is InChI=1S/5C17H33N3.2C16H31N3/c2*1-15(2)10-6-5-7-12-17-14-18-19-20(17)13-9-8-11-16(3)4;2*1-15(2)10-7-5-6-8-13-20-17(14-18-19-20)12-9-11-16(3)4;1-15(2)10-8-6-5-7-9-11-17-14-18-19-20(17)13-12-16(3)4;1-14(2)9-6-5-7-12-19-13-16(17-18-19)11-8-10-15(3)4;1-14(2)9-6-5-7-11-16-13-19(18-17-16)12-8-10-15(3)4/h5*14-16H,5-13H2,1-4H3;2*13-15H,5-12H2,1-4H3. The van der Waals surface area contributed by atoms with Crippen LogP contribution in [-0.2, 0) is 90.8 Å². The smallest absolute Gasteiger partial charge is 0.0827 e. The average Bonchev–Trinajstić information content (AvgIpc) is 1.82. The maximum absolute atomic E-state index is 4.26. The van der Waals surface area contributed by atoms with Crippen molar-refractivity contribution in [3.63, 3.8) is 0 Å². The van der Waals surface area contributed by atoms with Crippen molar-refractivity contribution in [1.82, 2.24) is 105 Å². The van der Waals surface area contributed by atoms with Gasteiger partial charge in [0.1, 0.15) is 0 Å². The Kier molecular flexibility index (Phi) is 81.4. The molecule has 138 heavy (non-hydrogen) atoms. The third-order valence-corrected chi connectivity index (χ3v) is 26.0. The van der Waals surface area contributed by atoms with E-state index in [4.69, 9.17) is 0 Å². The summed E-state index contributed by atoms with van der Waals surface area (Å²) in [6, 6.07) is 0. The lowest BCUT2D eigenvalue weighted by Crippen LogP contribution is -2.07. The van der Waals surface area contributed by atoms with Gasteiger partial charge in [0.2, 0.25) is 0 Å². The molecule has 0 spiro atoms. The van der Waals surface area contributed by atoms with Crippen molar-refractivity contribution in [2.24, 2.45) is 82.9 Å². The molecule has 0 N–H and O–H groups in total. The van der Waals surface area contributed by atoms with E-state index in [1.54, 1.807) is 0 Å². The quantitative estimate of drug-likeness (QED) is 0.0324. The molecule has 21 heteroatoms. The molecular formula is C117H227N21. The molecule has 7 aromatic heterocycles.